The van der Waals surface area contributed by atoms with E-state index in [1.54, 1.807) is 88.7 Å². The molecule has 0 saturated carbocycles. The highest BCUT2D eigenvalue weighted by Crippen LogP contribution is 2.49. The van der Waals surface area contributed by atoms with E-state index in [0.717, 1.165) is 62.5 Å². The molecular weight excluding hydrogens is 1160 g/mol. The Balaban J connectivity index is 0.873. The number of hydrogen-bond donors (Lipinski definition) is 3. The summed E-state index contributed by atoms with van der Waals surface area (Å²) in [7, 11) is 2.99. The maximum absolute atomic E-state index is 14.5. The summed E-state index contributed by atoms with van der Waals surface area (Å²) in [6.45, 7) is 23.6. The lowest BCUT2D eigenvalue weighted by Gasteiger charge is -2.39. The molecule has 7 amide bonds. The van der Waals surface area contributed by atoms with Crippen LogP contribution >= 0.6 is 23.5 Å². The van der Waals surface area contributed by atoms with Crippen LogP contribution in [0.2, 0.25) is 0 Å². The van der Waals surface area contributed by atoms with E-state index in [9.17, 15) is 38.4 Å². The van der Waals surface area contributed by atoms with Gasteiger partial charge in [0.1, 0.15) is 41.4 Å². The molecule has 4 heterocycles. The predicted octanol–water partition coefficient (Wildman–Crippen LogP) is 10.4. The lowest BCUT2D eigenvalue weighted by Crippen LogP contribution is -2.62. The Morgan fingerprint density at radius 3 is 1.40 bits per heavy atom. The van der Waals surface area contributed by atoms with Gasteiger partial charge in [-0.15, -0.1) is 23.5 Å². The molecule has 3 N–H and O–H groups in total. The Kier molecular flexibility index (Phi) is 26.1. The number of rotatable bonds is 30. The van der Waals surface area contributed by atoms with Crippen molar-refractivity contribution >= 4 is 71.0 Å². The van der Waals surface area contributed by atoms with Crippen LogP contribution in [-0.2, 0) is 47.7 Å². The Labute approximate surface area is 532 Å². The maximum atomic E-state index is 14.5. The second kappa shape index (κ2) is 32.1. The van der Waals surface area contributed by atoms with Crippen molar-refractivity contribution in [3.8, 4) is 0 Å². The molecule has 2 aromatic carbocycles. The Morgan fingerprint density at radius 1 is 0.580 bits per heavy atom. The highest BCUT2D eigenvalue weighted by Gasteiger charge is 2.57. The monoisotopic (exact) mass is 1260 g/mol. The predicted molar refractivity (Wildman–Crippen MR) is 345 cm³/mol. The Hall–Kier alpha value is -5.38. The fourth-order valence-corrected chi connectivity index (χ4v) is 15.2. The first-order valence-corrected chi connectivity index (χ1v) is 34.0. The normalized spacial score (nSPS) is 22.8. The van der Waals surface area contributed by atoms with Gasteiger partial charge in [-0.05, 0) is 103 Å². The zero-order valence-corrected chi connectivity index (χ0v) is 56.6. The molecule has 0 aromatic heterocycles. The third-order valence-electron chi connectivity index (χ3n) is 17.2. The average Bonchev–Trinajstić information content (AvgIpc) is 1.73. The van der Waals surface area contributed by atoms with Gasteiger partial charge in [-0.3, -0.25) is 38.6 Å². The topological polar surface area (TPSA) is 223 Å². The molecule has 2 aromatic rings. The van der Waals surface area contributed by atoms with Gasteiger partial charge in [-0.25, -0.2) is 9.59 Å². The third kappa shape index (κ3) is 20.1. The molecule has 0 radical (unpaired) electrons. The van der Waals surface area contributed by atoms with Gasteiger partial charge in [-0.2, -0.15) is 0 Å². The number of nitrogens with zero attached hydrogens (tertiary/aromatic N) is 4. The van der Waals surface area contributed by atoms with Crippen molar-refractivity contribution in [3.63, 3.8) is 0 Å². The summed E-state index contributed by atoms with van der Waals surface area (Å²) >= 11 is 3.13. The van der Waals surface area contributed by atoms with Crippen molar-refractivity contribution in [2.75, 3.05) is 52.0 Å². The van der Waals surface area contributed by atoms with Gasteiger partial charge >= 0.3 is 12.2 Å². The largest absolute Gasteiger partial charge is 0.444 e. The molecule has 0 unspecified atom stereocenters. The number of ether oxygens (including phenoxy) is 4. The molecular formula is C67H103N7O12S2. The minimum Gasteiger partial charge on any atom is -0.444 e. The van der Waals surface area contributed by atoms with Crippen LogP contribution in [0.15, 0.2) is 60.7 Å². The van der Waals surface area contributed by atoms with Gasteiger partial charge in [0.05, 0.1) is 36.0 Å². The molecule has 19 nitrogen and oxygen atoms in total. The van der Waals surface area contributed by atoms with Gasteiger partial charge in [0.2, 0.25) is 29.5 Å². The van der Waals surface area contributed by atoms with Crippen molar-refractivity contribution in [2.24, 2.45) is 10.8 Å². The smallest absolute Gasteiger partial charge is 0.410 e. The van der Waals surface area contributed by atoms with Gasteiger partial charge in [0.25, 0.3) is 0 Å². The van der Waals surface area contributed by atoms with Crippen LogP contribution < -0.4 is 16.0 Å². The Morgan fingerprint density at radius 2 is 0.966 bits per heavy atom. The van der Waals surface area contributed by atoms with Crippen molar-refractivity contribution in [1.29, 1.82) is 0 Å². The van der Waals surface area contributed by atoms with Crippen LogP contribution in [0.4, 0.5) is 9.59 Å². The summed E-state index contributed by atoms with van der Waals surface area (Å²) in [5.41, 5.74) is -0.568. The van der Waals surface area contributed by atoms with Gasteiger partial charge < -0.3 is 44.7 Å². The van der Waals surface area contributed by atoms with Crippen molar-refractivity contribution in [3.05, 3.63) is 71.8 Å². The lowest BCUT2D eigenvalue weighted by molar-refractivity contribution is -0.144. The first-order valence-electron chi connectivity index (χ1n) is 31.9. The summed E-state index contributed by atoms with van der Waals surface area (Å²) in [6.07, 6.45) is 11.0. The van der Waals surface area contributed by atoms with E-state index in [0.29, 0.717) is 44.2 Å². The highest BCUT2D eigenvalue weighted by molar-refractivity contribution is 8.00. The molecule has 4 saturated heterocycles. The summed E-state index contributed by atoms with van der Waals surface area (Å²) in [5.74, 6) is -1.29. The second-order valence-corrected chi connectivity index (χ2v) is 30.3. The molecule has 0 bridgehead atoms. The molecule has 88 heavy (non-hydrogen) atoms. The van der Waals surface area contributed by atoms with E-state index in [4.69, 9.17) is 18.9 Å². The number of thioether (sulfide) groups is 2. The second-order valence-electron chi connectivity index (χ2n) is 27.8. The lowest BCUT2D eigenvalue weighted by atomic mass is 9.79. The number of carbonyl (C=O) groups excluding carboxylic acids is 8. The number of fused-ring (bicyclic) bond motifs is 2. The summed E-state index contributed by atoms with van der Waals surface area (Å²) < 4.78 is 23.4. The van der Waals surface area contributed by atoms with E-state index >= 15 is 0 Å². The van der Waals surface area contributed by atoms with Crippen LogP contribution in [0.25, 0.3) is 0 Å². The molecule has 0 spiro atoms. The van der Waals surface area contributed by atoms with Crippen LogP contribution in [-0.4, -0.2) is 177 Å². The number of unbranched alkanes of at least 4 members (excludes halogenated alkanes) is 9. The van der Waals surface area contributed by atoms with Crippen LogP contribution in [0.3, 0.4) is 0 Å². The zero-order valence-electron chi connectivity index (χ0n) is 55.0. The fourth-order valence-electron chi connectivity index (χ4n) is 12.1. The number of hydrogen-bond acceptors (Lipinski definition) is 14. The molecule has 0 aliphatic carbocycles. The summed E-state index contributed by atoms with van der Waals surface area (Å²) in [4.78, 5) is 115. The SMILES string of the molecule is C[C@@H](C(=O)N[C@H]1CS[C@H]2CC(C)(C)[C@@H](C(=O)C[C@H](COCCCCCCCCCCCCOC[C@@H](NC(=O)[C@H]3N4C(=O)[C@@H](NC(=O)[C@H](C)N(C)C(=O)OC(C)(C)C)CS[C@H]4CC3(C)C)c3ccccc3)c3ccccc3)N2C1=O)N(C)C(=O)OC(C)(C)C. The van der Waals surface area contributed by atoms with Crippen LogP contribution in [0, 0.1) is 10.8 Å². The highest BCUT2D eigenvalue weighted by atomic mass is 32.2. The van der Waals surface area contributed by atoms with Gasteiger partial charge in [0, 0.05) is 51.2 Å². The number of nitrogens with one attached hydrogen (secondary N) is 3. The average molecular weight is 1260 g/mol. The fraction of sp³-hybridized carbons (Fsp3) is 0.701. The molecule has 6 rings (SSSR count). The number of amides is 7. The number of Topliss-reactive ketones (excluding diaryl/α,β-unsaturated/α-hetero) is 1. The first-order chi connectivity index (χ1) is 41.4. The van der Waals surface area contributed by atoms with Crippen molar-refractivity contribution in [2.45, 2.75) is 237 Å². The minimum absolute atomic E-state index is 0.0192. The Bertz CT molecular complexity index is 2490. The maximum Gasteiger partial charge on any atom is 0.410 e. The van der Waals surface area contributed by atoms with Crippen LogP contribution in [0.5, 0.6) is 0 Å². The van der Waals surface area contributed by atoms with E-state index < -0.39 is 88.3 Å². The molecule has 10 atom stereocenters. The minimum atomic E-state index is -0.896. The quantitative estimate of drug-likeness (QED) is 0.0620. The van der Waals surface area contributed by atoms with Gasteiger partial charge in [0.15, 0.2) is 5.78 Å². The molecule has 4 aliphatic heterocycles. The third-order valence-corrected chi connectivity index (χ3v) is 19.8. The molecule has 21 heteroatoms. The van der Waals surface area contributed by atoms with E-state index in [-0.39, 0.29) is 53.2 Å². The first kappa shape index (κ1) is 71.7. The molecule has 4 fully saturated rings. The van der Waals surface area contributed by atoms with Crippen molar-refractivity contribution < 1.29 is 57.3 Å². The number of carbonyl (C=O) groups is 8. The van der Waals surface area contributed by atoms with Crippen LogP contribution in [0.1, 0.15) is 190 Å². The van der Waals surface area contributed by atoms with Gasteiger partial charge in [-0.1, -0.05) is 140 Å². The number of ketones is 1. The number of benzene rings is 2. The van der Waals surface area contributed by atoms with E-state index in [1.165, 1.54) is 36.7 Å². The van der Waals surface area contributed by atoms with E-state index in [2.05, 4.69) is 16.0 Å². The summed E-state index contributed by atoms with van der Waals surface area (Å²) in [6, 6.07) is 14.3. The molecule has 4 aliphatic rings. The standard InChI is InChI=1S/C67H103N7O12S2/c1-44(71(13)62(81)85-64(3,4)5)57(76)69-50-42-87-53-38-66(9,10)55(73(53)60(50)79)52(75)37-48(46-31-25-23-26-32-46)40-83-35-29-21-19-17-15-16-18-20-22-30-36-84-41-49(47-33-27-24-28-34-47)68-59(78)56-67(11,12)39-54-74(56)61(80)51(43-88-54)70-58(77)45(2)72(14)63(82)86-65(6,7)8/h23-28,31-34,44-45,48-51,53-56H,15-22,29-30,35-43H2,1-14H3,(H,68,78)(H,69,76)(H,70,77)/t44-,45-,48+,49+,50-,51-,53-,54-,55+,56+/m0/s1. The summed E-state index contributed by atoms with van der Waals surface area (Å²) in [5, 5.41) is 8.57. The molecule has 490 valence electrons. The van der Waals surface area contributed by atoms with Crippen molar-refractivity contribution in [1.82, 2.24) is 35.6 Å². The zero-order chi connectivity index (χ0) is 64.7. The number of likely N-dealkylation sites (N-methyl/N-ethyl adjacent to an activating group) is 2. The van der Waals surface area contributed by atoms with E-state index in [1.807, 2.05) is 88.4 Å².